The number of rotatable bonds is 0. The lowest BCUT2D eigenvalue weighted by atomic mass is 10.3. The lowest BCUT2D eigenvalue weighted by Gasteiger charge is -1.85. The first-order chi connectivity index (χ1) is 4.63. The zero-order chi connectivity index (χ0) is 7.98. The first-order valence-electron chi connectivity index (χ1n) is 3.53. The van der Waals surface area contributed by atoms with E-state index in [2.05, 4.69) is 38.3 Å². The second kappa shape index (κ2) is 7.79. The van der Waals surface area contributed by atoms with Crippen LogP contribution in [0.25, 0.3) is 0 Å². The number of thiocarbonyl (C=S) groups is 1. The standard InChI is InChI=1S/C4H10.C3H5NOS.CH4/c1-4(2)3;6-3-4-1-2-5-3;/h4H,1-3H3;1-2H2,(H,4,6);1H4. The van der Waals surface area contributed by atoms with Gasteiger partial charge in [0.2, 0.25) is 0 Å². The van der Waals surface area contributed by atoms with Crippen LogP contribution < -0.4 is 5.32 Å². The minimum Gasteiger partial charge on any atom is -0.469 e. The van der Waals surface area contributed by atoms with E-state index in [0.29, 0.717) is 5.17 Å². The molecule has 11 heavy (non-hydrogen) atoms. The maximum Gasteiger partial charge on any atom is 0.256 e. The molecule has 1 aliphatic heterocycles. The van der Waals surface area contributed by atoms with Gasteiger partial charge in [0.1, 0.15) is 6.61 Å². The van der Waals surface area contributed by atoms with E-state index < -0.39 is 0 Å². The monoisotopic (exact) mass is 177 g/mol. The van der Waals surface area contributed by atoms with Gasteiger partial charge in [-0.05, 0) is 18.1 Å². The number of hydrogen-bond acceptors (Lipinski definition) is 2. The van der Waals surface area contributed by atoms with Crippen molar-refractivity contribution in [3.05, 3.63) is 0 Å². The van der Waals surface area contributed by atoms with Crippen molar-refractivity contribution in [2.75, 3.05) is 13.2 Å². The Kier molecular flexibility index (Phi) is 9.42. The Morgan fingerprint density at radius 1 is 1.45 bits per heavy atom. The molecule has 1 heterocycles. The molecule has 1 N–H and O–H groups in total. The maximum absolute atomic E-state index is 4.77. The van der Waals surface area contributed by atoms with Gasteiger partial charge in [-0.15, -0.1) is 0 Å². The van der Waals surface area contributed by atoms with Crippen LogP contribution in [-0.4, -0.2) is 18.3 Å². The summed E-state index contributed by atoms with van der Waals surface area (Å²) in [6, 6.07) is 0. The molecule has 0 saturated carbocycles. The average Bonchev–Trinajstić information content (AvgIpc) is 2.15. The van der Waals surface area contributed by atoms with Gasteiger partial charge >= 0.3 is 0 Å². The molecular weight excluding hydrogens is 158 g/mol. The SMILES string of the molecule is C.CC(C)C.S=C1NCCO1. The predicted molar refractivity (Wildman–Crippen MR) is 53.8 cm³/mol. The molecule has 1 saturated heterocycles. The lowest BCUT2D eigenvalue weighted by Crippen LogP contribution is -2.11. The second-order valence-electron chi connectivity index (χ2n) is 2.79. The van der Waals surface area contributed by atoms with Gasteiger partial charge in [-0.1, -0.05) is 28.2 Å². The van der Waals surface area contributed by atoms with Gasteiger partial charge in [-0.25, -0.2) is 0 Å². The summed E-state index contributed by atoms with van der Waals surface area (Å²) in [6.07, 6.45) is 0. The van der Waals surface area contributed by atoms with E-state index in [1.807, 2.05) is 0 Å². The quantitative estimate of drug-likeness (QED) is 0.573. The fraction of sp³-hybridized carbons (Fsp3) is 0.875. The van der Waals surface area contributed by atoms with Gasteiger partial charge in [-0.2, -0.15) is 0 Å². The van der Waals surface area contributed by atoms with Gasteiger partial charge < -0.3 is 10.1 Å². The Bertz CT molecular complexity index is 93.5. The minimum absolute atomic E-state index is 0. The Morgan fingerprint density at radius 3 is 2.00 bits per heavy atom. The van der Waals surface area contributed by atoms with Gasteiger partial charge in [-0.3, -0.25) is 0 Å². The summed E-state index contributed by atoms with van der Waals surface area (Å²) in [5.74, 6) is 0.833. The van der Waals surface area contributed by atoms with Crippen molar-refractivity contribution in [2.45, 2.75) is 28.2 Å². The van der Waals surface area contributed by atoms with E-state index >= 15 is 0 Å². The molecule has 0 aliphatic carbocycles. The van der Waals surface area contributed by atoms with Crippen molar-refractivity contribution in [1.82, 2.24) is 5.32 Å². The molecular formula is C8H19NOS. The predicted octanol–water partition coefficient (Wildman–Crippen LogP) is 2.19. The van der Waals surface area contributed by atoms with Gasteiger partial charge in [0.25, 0.3) is 5.17 Å². The molecule has 0 amide bonds. The van der Waals surface area contributed by atoms with Gasteiger partial charge in [0.05, 0.1) is 6.54 Å². The van der Waals surface area contributed by atoms with Crippen LogP contribution in [-0.2, 0) is 4.74 Å². The molecule has 1 aliphatic rings. The largest absolute Gasteiger partial charge is 0.469 e. The average molecular weight is 177 g/mol. The highest BCUT2D eigenvalue weighted by molar-refractivity contribution is 7.80. The lowest BCUT2D eigenvalue weighted by molar-refractivity contribution is 0.361. The highest BCUT2D eigenvalue weighted by atomic mass is 32.1. The van der Waals surface area contributed by atoms with Crippen LogP contribution in [0.1, 0.15) is 28.2 Å². The van der Waals surface area contributed by atoms with E-state index in [4.69, 9.17) is 4.74 Å². The third-order valence-electron chi connectivity index (χ3n) is 0.605. The summed E-state index contributed by atoms with van der Waals surface area (Å²) >= 11 is 4.59. The summed E-state index contributed by atoms with van der Waals surface area (Å²) < 4.78 is 4.77. The molecule has 1 fully saturated rings. The van der Waals surface area contributed by atoms with E-state index in [1.54, 1.807) is 0 Å². The zero-order valence-electron chi connectivity index (χ0n) is 6.81. The molecule has 0 bridgehead atoms. The first kappa shape index (κ1) is 13.3. The molecule has 0 aromatic carbocycles. The molecule has 0 radical (unpaired) electrons. The summed E-state index contributed by atoms with van der Waals surface area (Å²) in [4.78, 5) is 0. The Morgan fingerprint density at radius 2 is 1.91 bits per heavy atom. The molecule has 0 atom stereocenters. The first-order valence-corrected chi connectivity index (χ1v) is 3.94. The Hall–Kier alpha value is -0.310. The van der Waals surface area contributed by atoms with Crippen molar-refractivity contribution in [3.8, 4) is 0 Å². The fourth-order valence-electron chi connectivity index (χ4n) is 0.348. The molecule has 0 spiro atoms. The Labute approximate surface area is 75.3 Å². The van der Waals surface area contributed by atoms with Crippen LogP contribution in [0.2, 0.25) is 0 Å². The molecule has 0 unspecified atom stereocenters. The van der Waals surface area contributed by atoms with Crippen LogP contribution in [0, 0.1) is 5.92 Å². The van der Waals surface area contributed by atoms with Crippen LogP contribution >= 0.6 is 12.2 Å². The number of nitrogens with one attached hydrogen (secondary N) is 1. The third-order valence-corrected chi connectivity index (χ3v) is 0.867. The van der Waals surface area contributed by atoms with E-state index in [-0.39, 0.29) is 7.43 Å². The normalized spacial score (nSPS) is 14.0. The van der Waals surface area contributed by atoms with Gasteiger partial charge in [0, 0.05) is 0 Å². The van der Waals surface area contributed by atoms with Crippen LogP contribution in [0.3, 0.4) is 0 Å². The topological polar surface area (TPSA) is 21.3 Å². The van der Waals surface area contributed by atoms with Crippen molar-refractivity contribution >= 4 is 17.4 Å². The molecule has 1 rings (SSSR count). The maximum atomic E-state index is 4.77. The van der Waals surface area contributed by atoms with E-state index in [0.717, 1.165) is 19.1 Å². The molecule has 0 aromatic rings. The van der Waals surface area contributed by atoms with Crippen LogP contribution in [0.4, 0.5) is 0 Å². The molecule has 68 valence electrons. The van der Waals surface area contributed by atoms with Crippen LogP contribution in [0.15, 0.2) is 0 Å². The highest BCUT2D eigenvalue weighted by Crippen LogP contribution is 1.83. The second-order valence-corrected chi connectivity index (χ2v) is 3.17. The summed E-state index contributed by atoms with van der Waals surface area (Å²) in [5.41, 5.74) is 0. The van der Waals surface area contributed by atoms with Crippen molar-refractivity contribution in [1.29, 1.82) is 0 Å². The van der Waals surface area contributed by atoms with Gasteiger partial charge in [0.15, 0.2) is 0 Å². The zero-order valence-corrected chi connectivity index (χ0v) is 7.62. The summed E-state index contributed by atoms with van der Waals surface area (Å²) in [7, 11) is 0. The van der Waals surface area contributed by atoms with E-state index in [1.165, 1.54) is 0 Å². The highest BCUT2D eigenvalue weighted by Gasteiger charge is 2.01. The van der Waals surface area contributed by atoms with Crippen molar-refractivity contribution < 1.29 is 4.74 Å². The van der Waals surface area contributed by atoms with Crippen LogP contribution in [0.5, 0.6) is 0 Å². The fourth-order valence-corrected chi connectivity index (χ4v) is 0.533. The minimum atomic E-state index is 0. The van der Waals surface area contributed by atoms with Crippen molar-refractivity contribution in [2.24, 2.45) is 5.92 Å². The number of hydrogen-bond donors (Lipinski definition) is 1. The number of ether oxygens (including phenoxy) is 1. The summed E-state index contributed by atoms with van der Waals surface area (Å²) in [6.45, 7) is 8.11. The smallest absolute Gasteiger partial charge is 0.256 e. The van der Waals surface area contributed by atoms with E-state index in [9.17, 15) is 0 Å². The summed E-state index contributed by atoms with van der Waals surface area (Å²) in [5, 5.41) is 3.37. The third kappa shape index (κ3) is 12.8. The Balaban J connectivity index is 0. The molecule has 3 heteroatoms. The molecule has 0 aromatic heterocycles. The van der Waals surface area contributed by atoms with Crippen molar-refractivity contribution in [3.63, 3.8) is 0 Å². The molecule has 2 nitrogen and oxygen atoms in total.